The van der Waals surface area contributed by atoms with Gasteiger partial charge in [-0.3, -0.25) is 4.74 Å². The van der Waals surface area contributed by atoms with Gasteiger partial charge in [0.2, 0.25) is 0 Å². The lowest BCUT2D eigenvalue weighted by molar-refractivity contribution is -0.325. The quantitative estimate of drug-likeness (QED) is 0.692. The summed E-state index contributed by atoms with van der Waals surface area (Å²) in [7, 11) is 0. The van der Waals surface area contributed by atoms with Crippen LogP contribution in [0.25, 0.3) is 0 Å². The first-order valence-corrected chi connectivity index (χ1v) is 3.39. The van der Waals surface area contributed by atoms with Crippen LogP contribution in [0.1, 0.15) is 0 Å². The van der Waals surface area contributed by atoms with E-state index in [0.29, 0.717) is 0 Å². The van der Waals surface area contributed by atoms with Crippen molar-refractivity contribution in [2.45, 2.75) is 12.9 Å². The van der Waals surface area contributed by atoms with Crippen molar-refractivity contribution in [1.29, 1.82) is 0 Å². The third kappa shape index (κ3) is 3.43. The molecule has 0 amide bonds. The highest BCUT2D eigenvalue weighted by atomic mass is 19.4. The predicted octanol–water partition coefficient (Wildman–Crippen LogP) is 2.02. The second-order valence-corrected chi connectivity index (χ2v) is 2.22. The van der Waals surface area contributed by atoms with Gasteiger partial charge in [0.25, 0.3) is 0 Å². The number of alkyl halides is 3. The van der Waals surface area contributed by atoms with E-state index in [1.54, 1.807) is 29.1 Å². The van der Waals surface area contributed by atoms with E-state index >= 15 is 0 Å². The molecular formula is C7H8F3NO. The van der Waals surface area contributed by atoms with Crippen LogP contribution < -0.4 is 0 Å². The normalized spacial score (nSPS) is 11.9. The topological polar surface area (TPSA) is 14.2 Å². The van der Waals surface area contributed by atoms with Crippen molar-refractivity contribution < 1.29 is 17.9 Å². The van der Waals surface area contributed by atoms with Crippen molar-refractivity contribution in [2.75, 3.05) is 6.61 Å². The molecule has 5 heteroatoms. The monoisotopic (exact) mass is 179 g/mol. The summed E-state index contributed by atoms with van der Waals surface area (Å²) in [6.07, 6.45) is -1.16. The summed E-state index contributed by atoms with van der Waals surface area (Å²) in [6.45, 7) is -0.134. The predicted molar refractivity (Wildman–Crippen MR) is 36.4 cm³/mol. The number of nitrogens with zero attached hydrogens (tertiary/aromatic N) is 1. The van der Waals surface area contributed by atoms with E-state index in [1.807, 2.05) is 0 Å². The molecule has 1 rings (SSSR count). The largest absolute Gasteiger partial charge is 0.522 e. The second kappa shape index (κ2) is 3.62. The van der Waals surface area contributed by atoms with Crippen LogP contribution in [0.5, 0.6) is 0 Å². The third-order valence-corrected chi connectivity index (χ3v) is 1.28. The molecule has 12 heavy (non-hydrogen) atoms. The number of hydrogen-bond donors (Lipinski definition) is 0. The van der Waals surface area contributed by atoms with Gasteiger partial charge in [0.1, 0.15) is 0 Å². The summed E-state index contributed by atoms with van der Waals surface area (Å²) in [4.78, 5) is 0. The lowest BCUT2D eigenvalue weighted by atomic mass is 10.7. The summed E-state index contributed by atoms with van der Waals surface area (Å²) in [5.74, 6) is 0. The second-order valence-electron chi connectivity index (χ2n) is 2.22. The number of hydrogen-bond acceptors (Lipinski definition) is 1. The Hall–Kier alpha value is -0.970. The Labute approximate surface area is 67.6 Å². The zero-order chi connectivity index (χ0) is 9.03. The average Bonchev–Trinajstić information content (AvgIpc) is 2.36. The van der Waals surface area contributed by atoms with Crippen LogP contribution in [0.15, 0.2) is 24.5 Å². The molecule has 0 unspecified atom stereocenters. The van der Waals surface area contributed by atoms with Gasteiger partial charge in [-0.25, -0.2) is 0 Å². The minimum Gasteiger partial charge on any atom is -0.352 e. The Kier molecular flexibility index (Phi) is 2.75. The Morgan fingerprint density at radius 3 is 2.25 bits per heavy atom. The summed E-state index contributed by atoms with van der Waals surface area (Å²) in [5.41, 5.74) is 0. The smallest absolute Gasteiger partial charge is 0.352 e. The van der Waals surface area contributed by atoms with Crippen molar-refractivity contribution in [3.8, 4) is 0 Å². The minimum atomic E-state index is -4.52. The first-order valence-electron chi connectivity index (χ1n) is 3.39. The van der Waals surface area contributed by atoms with Crippen LogP contribution in [-0.4, -0.2) is 17.5 Å². The van der Waals surface area contributed by atoms with E-state index in [1.165, 1.54) is 0 Å². The van der Waals surface area contributed by atoms with Crippen molar-refractivity contribution >= 4 is 0 Å². The highest BCUT2D eigenvalue weighted by molar-refractivity contribution is 4.89. The molecule has 1 aromatic heterocycles. The van der Waals surface area contributed by atoms with Crippen molar-refractivity contribution in [3.05, 3.63) is 24.5 Å². The number of ether oxygens (including phenoxy) is 1. The SMILES string of the molecule is FC(F)(F)OCCn1cccc1. The molecule has 2 nitrogen and oxygen atoms in total. The summed E-state index contributed by atoms with van der Waals surface area (Å²) >= 11 is 0. The van der Waals surface area contributed by atoms with E-state index < -0.39 is 6.36 Å². The highest BCUT2D eigenvalue weighted by Crippen LogP contribution is 2.15. The molecule has 0 aliphatic rings. The van der Waals surface area contributed by atoms with Crippen molar-refractivity contribution in [2.24, 2.45) is 0 Å². The van der Waals surface area contributed by atoms with Gasteiger partial charge in [-0.05, 0) is 12.1 Å². The van der Waals surface area contributed by atoms with Crippen molar-refractivity contribution in [1.82, 2.24) is 4.57 Å². The lowest BCUT2D eigenvalue weighted by Gasteiger charge is -2.07. The first kappa shape index (κ1) is 9.12. The zero-order valence-corrected chi connectivity index (χ0v) is 6.21. The summed E-state index contributed by atoms with van der Waals surface area (Å²) in [6, 6.07) is 3.49. The number of aromatic nitrogens is 1. The standard InChI is InChI=1S/C7H8F3NO/c8-7(9,10)12-6-5-11-3-1-2-4-11/h1-4H,5-6H2. The minimum absolute atomic E-state index is 0.215. The van der Waals surface area contributed by atoms with Crippen LogP contribution in [-0.2, 0) is 11.3 Å². The Bertz CT molecular complexity index is 217. The zero-order valence-electron chi connectivity index (χ0n) is 6.21. The van der Waals surface area contributed by atoms with Gasteiger partial charge in [-0.2, -0.15) is 0 Å². The maximum atomic E-state index is 11.5. The van der Waals surface area contributed by atoms with Gasteiger partial charge in [-0.15, -0.1) is 13.2 Å². The Balaban J connectivity index is 2.20. The molecule has 68 valence electrons. The Morgan fingerprint density at radius 1 is 1.17 bits per heavy atom. The van der Waals surface area contributed by atoms with Gasteiger partial charge >= 0.3 is 6.36 Å². The van der Waals surface area contributed by atoms with Crippen LogP contribution >= 0.6 is 0 Å². The van der Waals surface area contributed by atoms with Gasteiger partial charge in [0.05, 0.1) is 6.61 Å². The molecule has 0 N–H and O–H groups in total. The fourth-order valence-corrected chi connectivity index (χ4v) is 0.786. The van der Waals surface area contributed by atoms with E-state index in [-0.39, 0.29) is 13.2 Å². The highest BCUT2D eigenvalue weighted by Gasteiger charge is 2.28. The molecule has 0 fully saturated rings. The van der Waals surface area contributed by atoms with E-state index in [0.717, 1.165) is 0 Å². The molecule has 0 atom stereocenters. The fraction of sp³-hybridized carbons (Fsp3) is 0.429. The fourth-order valence-electron chi connectivity index (χ4n) is 0.786. The molecular weight excluding hydrogens is 171 g/mol. The number of halogens is 3. The lowest BCUT2D eigenvalue weighted by Crippen LogP contribution is -2.16. The molecule has 0 spiro atoms. The van der Waals surface area contributed by atoms with Gasteiger partial charge < -0.3 is 4.57 Å². The van der Waals surface area contributed by atoms with Crippen LogP contribution in [0.2, 0.25) is 0 Å². The molecule has 0 saturated heterocycles. The molecule has 0 aromatic carbocycles. The molecule has 1 heterocycles. The molecule has 1 aromatic rings. The average molecular weight is 179 g/mol. The molecule has 0 radical (unpaired) electrons. The number of rotatable bonds is 3. The van der Waals surface area contributed by atoms with Gasteiger partial charge in [-0.1, -0.05) is 0 Å². The van der Waals surface area contributed by atoms with Crippen LogP contribution in [0.4, 0.5) is 13.2 Å². The summed E-state index contributed by atoms with van der Waals surface area (Å²) < 4.78 is 39.6. The van der Waals surface area contributed by atoms with Gasteiger partial charge in [0, 0.05) is 18.9 Å². The molecule has 0 bridgehead atoms. The first-order chi connectivity index (χ1) is 5.58. The van der Waals surface area contributed by atoms with Crippen molar-refractivity contribution in [3.63, 3.8) is 0 Å². The maximum Gasteiger partial charge on any atom is 0.522 e. The molecule has 0 aliphatic carbocycles. The van der Waals surface area contributed by atoms with Crippen LogP contribution in [0.3, 0.4) is 0 Å². The Morgan fingerprint density at radius 2 is 1.75 bits per heavy atom. The molecule has 0 saturated carbocycles. The van der Waals surface area contributed by atoms with Gasteiger partial charge in [0.15, 0.2) is 0 Å². The third-order valence-electron chi connectivity index (χ3n) is 1.28. The van der Waals surface area contributed by atoms with E-state index in [2.05, 4.69) is 4.74 Å². The maximum absolute atomic E-state index is 11.5. The summed E-state index contributed by atoms with van der Waals surface area (Å²) in [5, 5.41) is 0. The molecule has 0 aliphatic heterocycles. The van der Waals surface area contributed by atoms with Crippen LogP contribution in [0, 0.1) is 0 Å². The van der Waals surface area contributed by atoms with E-state index in [4.69, 9.17) is 0 Å². The van der Waals surface area contributed by atoms with E-state index in [9.17, 15) is 13.2 Å².